The van der Waals surface area contributed by atoms with Crippen molar-refractivity contribution < 1.29 is 0 Å². The minimum atomic E-state index is -0.428. The summed E-state index contributed by atoms with van der Waals surface area (Å²) in [7, 11) is 0. The van der Waals surface area contributed by atoms with Gasteiger partial charge in [-0.15, -0.1) is 0 Å². The molecule has 0 saturated carbocycles. The van der Waals surface area contributed by atoms with Gasteiger partial charge in [0.2, 0.25) is 0 Å². The lowest BCUT2D eigenvalue weighted by molar-refractivity contribution is 0.479. The van der Waals surface area contributed by atoms with Gasteiger partial charge in [-0.2, -0.15) is 0 Å². The van der Waals surface area contributed by atoms with Gasteiger partial charge in [-0.25, -0.2) is 0 Å². The number of fused-ring (bicyclic) bond motifs is 5. The number of hydrogen-bond acceptors (Lipinski definition) is 3. The zero-order chi connectivity index (χ0) is 61.1. The molecule has 2 aliphatic rings. The van der Waals surface area contributed by atoms with Gasteiger partial charge in [0.15, 0.2) is 0 Å². The maximum Gasteiger partial charge on any atom is 0.0583 e. The van der Waals surface area contributed by atoms with Gasteiger partial charge in [0.1, 0.15) is 0 Å². The average molecular weight is 1120 g/mol. The van der Waals surface area contributed by atoms with Crippen molar-refractivity contribution in [2.24, 2.45) is 5.41 Å². The summed E-state index contributed by atoms with van der Waals surface area (Å²) in [5.74, 6) is 0. The van der Waals surface area contributed by atoms with Crippen molar-refractivity contribution in [3.63, 3.8) is 0 Å². The van der Waals surface area contributed by atoms with Crippen molar-refractivity contribution in [3.05, 3.63) is 232 Å². The molecule has 11 rings (SSSR count). The molecule has 0 fully saturated rings. The highest BCUT2D eigenvalue weighted by molar-refractivity contribution is 6.14. The van der Waals surface area contributed by atoms with Crippen LogP contribution in [0.4, 0.5) is 45.5 Å². The molecule has 4 heteroatoms. The Labute approximate surface area is 510 Å². The first-order chi connectivity index (χ1) is 39.7. The Bertz CT molecular complexity index is 3910. The smallest absolute Gasteiger partial charge is 0.0583 e. The van der Waals surface area contributed by atoms with Crippen LogP contribution in [0.5, 0.6) is 0 Å². The van der Waals surface area contributed by atoms with E-state index in [2.05, 4.69) is 340 Å². The van der Waals surface area contributed by atoms with E-state index in [4.69, 9.17) is 0 Å². The summed E-state index contributed by atoms with van der Waals surface area (Å²) in [5, 5.41) is 2.45. The third-order valence-electron chi connectivity index (χ3n) is 18.5. The number of nitrogens with zero attached hydrogens (tertiary/aromatic N) is 4. The van der Waals surface area contributed by atoms with Gasteiger partial charge in [0.05, 0.1) is 16.7 Å². The fourth-order valence-corrected chi connectivity index (χ4v) is 13.0. The normalized spacial score (nSPS) is 14.7. The summed E-state index contributed by atoms with van der Waals surface area (Å²) in [6.07, 6.45) is 6.79. The lowest BCUT2D eigenvalue weighted by Crippen LogP contribution is -2.28. The van der Waals surface area contributed by atoms with Crippen LogP contribution in [0.2, 0.25) is 0 Å². The summed E-state index contributed by atoms with van der Waals surface area (Å²) in [4.78, 5) is 7.50. The van der Waals surface area contributed by atoms with Crippen molar-refractivity contribution in [1.82, 2.24) is 4.57 Å². The minimum absolute atomic E-state index is 0.0127. The van der Waals surface area contributed by atoms with Gasteiger partial charge < -0.3 is 19.3 Å². The monoisotopic (exact) mass is 1120 g/mol. The Balaban J connectivity index is 1.19. The molecule has 0 bridgehead atoms. The predicted molar refractivity (Wildman–Crippen MR) is 369 cm³/mol. The van der Waals surface area contributed by atoms with Crippen LogP contribution in [0.3, 0.4) is 0 Å². The van der Waals surface area contributed by atoms with Crippen LogP contribution in [0.15, 0.2) is 193 Å². The van der Waals surface area contributed by atoms with Crippen molar-refractivity contribution in [2.45, 2.75) is 184 Å². The van der Waals surface area contributed by atoms with Gasteiger partial charge in [0.25, 0.3) is 0 Å². The molecule has 8 aromatic carbocycles. The van der Waals surface area contributed by atoms with E-state index < -0.39 is 5.41 Å². The van der Waals surface area contributed by atoms with Crippen molar-refractivity contribution in [3.8, 4) is 5.69 Å². The van der Waals surface area contributed by atoms with E-state index in [1.54, 1.807) is 0 Å². The topological polar surface area (TPSA) is 14.7 Å². The molecule has 1 aromatic heterocycles. The Morgan fingerprint density at radius 1 is 0.318 bits per heavy atom. The highest BCUT2D eigenvalue weighted by Gasteiger charge is 2.38. The van der Waals surface area contributed by atoms with Gasteiger partial charge in [0, 0.05) is 67.4 Å². The maximum atomic E-state index is 2.60. The molecule has 2 heterocycles. The van der Waals surface area contributed by atoms with Crippen molar-refractivity contribution in [2.75, 3.05) is 14.7 Å². The molecule has 0 unspecified atom stereocenters. The molecule has 438 valence electrons. The van der Waals surface area contributed by atoms with E-state index in [-0.39, 0.29) is 32.5 Å². The first kappa shape index (κ1) is 59.2. The SMILES string of the molecule is CC(C)(C)C1=CC=C(N(c2ccc(C(C)(C)C)cc2)c2ccc3c(c2)C(C)(C)c2cc(N(c4ccc(C(C)(C)C)cc4)c4ccc(C(C)(C)C)cc4)cc4c5cc(N(c6ccc(C(C)(C)C)cc6)c6ccc(C(C)(C)C)cc6)ccc5n-3c24)CC1. The molecule has 85 heavy (non-hydrogen) atoms. The minimum Gasteiger partial charge on any atom is -0.314 e. The van der Waals surface area contributed by atoms with E-state index in [0.717, 1.165) is 47.0 Å². The van der Waals surface area contributed by atoms with Crippen LogP contribution in [-0.4, -0.2) is 4.57 Å². The van der Waals surface area contributed by atoms with Crippen LogP contribution in [0, 0.1) is 5.41 Å². The largest absolute Gasteiger partial charge is 0.314 e. The molecular formula is C81H94N4. The Hall–Kier alpha value is -7.56. The van der Waals surface area contributed by atoms with E-state index >= 15 is 0 Å². The summed E-state index contributed by atoms with van der Waals surface area (Å²) in [5.41, 5.74) is 24.6. The molecule has 1 aliphatic heterocycles. The van der Waals surface area contributed by atoms with Crippen LogP contribution < -0.4 is 14.7 Å². The number of hydrogen-bond donors (Lipinski definition) is 0. The summed E-state index contributed by atoms with van der Waals surface area (Å²) in [6.45, 7) is 46.4. The molecule has 4 nitrogen and oxygen atoms in total. The molecule has 9 aromatic rings. The first-order valence-electron chi connectivity index (χ1n) is 31.3. The lowest BCUT2D eigenvalue weighted by atomic mass is 9.74. The van der Waals surface area contributed by atoms with Gasteiger partial charge in [-0.3, -0.25) is 0 Å². The third-order valence-corrected chi connectivity index (χ3v) is 18.5. The van der Waals surface area contributed by atoms with Crippen LogP contribution in [0.1, 0.15) is 190 Å². The molecule has 0 N–H and O–H groups in total. The Morgan fingerprint density at radius 2 is 0.659 bits per heavy atom. The summed E-state index contributed by atoms with van der Waals surface area (Å²) >= 11 is 0. The number of rotatable bonds is 9. The average Bonchev–Trinajstić information content (AvgIpc) is 1.60. The van der Waals surface area contributed by atoms with Crippen molar-refractivity contribution in [1.29, 1.82) is 0 Å². The third kappa shape index (κ3) is 11.2. The lowest BCUT2D eigenvalue weighted by Gasteiger charge is -2.38. The second-order valence-corrected chi connectivity index (χ2v) is 31.3. The molecule has 0 atom stereocenters. The molecule has 1 aliphatic carbocycles. The molecule has 0 amide bonds. The zero-order valence-corrected chi connectivity index (χ0v) is 55.0. The van der Waals surface area contributed by atoms with E-state index in [0.29, 0.717) is 0 Å². The fourth-order valence-electron chi connectivity index (χ4n) is 13.0. The highest BCUT2D eigenvalue weighted by atomic mass is 15.2. The first-order valence-corrected chi connectivity index (χ1v) is 31.3. The van der Waals surface area contributed by atoms with E-state index in [1.165, 1.54) is 89.1 Å². The van der Waals surface area contributed by atoms with E-state index in [1.807, 2.05) is 0 Å². The Morgan fingerprint density at radius 3 is 1.04 bits per heavy atom. The molecule has 0 saturated heterocycles. The van der Waals surface area contributed by atoms with Crippen LogP contribution >= 0.6 is 0 Å². The predicted octanol–water partition coefficient (Wildman–Crippen LogP) is 23.6. The highest BCUT2D eigenvalue weighted by Crippen LogP contribution is 2.53. The summed E-state index contributed by atoms with van der Waals surface area (Å²) < 4.78 is 2.60. The van der Waals surface area contributed by atoms with Crippen molar-refractivity contribution >= 4 is 67.3 Å². The van der Waals surface area contributed by atoms with Crippen LogP contribution in [-0.2, 0) is 32.5 Å². The fraction of sp³-hybridized carbons (Fsp3) is 0.358. The Kier molecular flexibility index (Phi) is 14.5. The van der Waals surface area contributed by atoms with Gasteiger partial charge >= 0.3 is 0 Å². The number of anilines is 8. The van der Waals surface area contributed by atoms with Gasteiger partial charge in [-0.05, 0) is 200 Å². The molecule has 0 spiro atoms. The van der Waals surface area contributed by atoms with E-state index in [9.17, 15) is 0 Å². The zero-order valence-electron chi connectivity index (χ0n) is 55.0. The number of allylic oxidation sites excluding steroid dienone is 4. The molecule has 0 radical (unpaired) electrons. The number of aromatic nitrogens is 1. The molecular weight excluding hydrogens is 1030 g/mol. The quantitative estimate of drug-likeness (QED) is 0.143. The summed E-state index contributed by atoms with van der Waals surface area (Å²) in [6, 6.07) is 66.1. The maximum absolute atomic E-state index is 2.60. The van der Waals surface area contributed by atoms with Gasteiger partial charge in [-0.1, -0.05) is 211 Å². The number of benzene rings is 8. The standard InChI is InChI=1S/C81H94N4/c1-75(2,3)53-21-33-59(34-22-53)82(60-35-23-54(24-36-60)76(4,5)6)65-45-47-72-68(49-65)69-50-67(84(63-41-29-57(30-42-63)79(13,14)15)64-43-31-58(32-44-64)80(16,17)18)52-71-74(69)85(72)73-48-46-66(51-70(73)81(71,19)20)83(61-37-25-55(26-38-61)77(7,8)9)62-39-27-56(28-40-62)78(10,11)12/h21-27,29-39,41-52H,28,40H2,1-20H3. The second-order valence-electron chi connectivity index (χ2n) is 31.3. The second kappa shape index (κ2) is 20.9. The van der Waals surface area contributed by atoms with Crippen LogP contribution in [0.25, 0.3) is 27.5 Å².